The zero-order valence-corrected chi connectivity index (χ0v) is 9.53. The van der Waals surface area contributed by atoms with Crippen molar-refractivity contribution in [2.75, 3.05) is 0 Å². The molecule has 0 bridgehead atoms. The summed E-state index contributed by atoms with van der Waals surface area (Å²) in [7, 11) is 0. The van der Waals surface area contributed by atoms with Crippen molar-refractivity contribution in [1.29, 1.82) is 0 Å². The summed E-state index contributed by atoms with van der Waals surface area (Å²) in [6, 6.07) is 15.7. The summed E-state index contributed by atoms with van der Waals surface area (Å²) in [5.41, 5.74) is 2.88. The first-order valence-corrected chi connectivity index (χ1v) is 5.85. The molecule has 4 rings (SSSR count). The normalized spacial score (nSPS) is 11.6. The van der Waals surface area contributed by atoms with E-state index in [1.807, 2.05) is 30.3 Å². The molecule has 0 amide bonds. The van der Waals surface area contributed by atoms with E-state index in [9.17, 15) is 4.79 Å². The summed E-state index contributed by atoms with van der Waals surface area (Å²) in [4.78, 5) is 17.8. The van der Waals surface area contributed by atoms with Crippen LogP contribution >= 0.6 is 0 Å². The molecule has 0 atom stereocenters. The van der Waals surface area contributed by atoms with Gasteiger partial charge in [0.15, 0.2) is 0 Å². The second-order valence-electron chi connectivity index (χ2n) is 4.45. The molecule has 0 saturated carbocycles. The number of pyridine rings is 1. The van der Waals surface area contributed by atoms with Gasteiger partial charge in [0.2, 0.25) is 5.56 Å². The third kappa shape index (κ3) is 1.16. The fourth-order valence-corrected chi connectivity index (χ4v) is 2.54. The standard InChI is InChI=1S/C15H10N2O/c18-13-8-6-9-5-7-11-10-3-1-2-4-12(10)16-15(11)14(9)17-13/h1-8,16H,(H,17,18). The minimum Gasteiger partial charge on any atom is -0.353 e. The Labute approximate surface area is 102 Å². The molecule has 0 aliphatic rings. The van der Waals surface area contributed by atoms with E-state index in [4.69, 9.17) is 0 Å². The molecule has 0 unspecified atom stereocenters. The molecule has 0 fully saturated rings. The minimum atomic E-state index is -0.0753. The van der Waals surface area contributed by atoms with Crippen molar-refractivity contribution < 1.29 is 0 Å². The second kappa shape index (κ2) is 3.23. The number of fused-ring (bicyclic) bond motifs is 5. The molecule has 2 N–H and O–H groups in total. The van der Waals surface area contributed by atoms with Crippen LogP contribution < -0.4 is 5.56 Å². The summed E-state index contributed by atoms with van der Waals surface area (Å²) in [5, 5.41) is 3.35. The SMILES string of the molecule is O=c1ccc2ccc3c4ccccc4[nH]c3c2[nH]1. The molecule has 3 heteroatoms. The number of benzene rings is 2. The van der Waals surface area contributed by atoms with Crippen LogP contribution in [0.2, 0.25) is 0 Å². The first-order valence-electron chi connectivity index (χ1n) is 5.85. The van der Waals surface area contributed by atoms with Crippen molar-refractivity contribution in [2.45, 2.75) is 0 Å². The highest BCUT2D eigenvalue weighted by Crippen LogP contribution is 2.29. The Morgan fingerprint density at radius 2 is 1.56 bits per heavy atom. The van der Waals surface area contributed by atoms with Gasteiger partial charge in [0.05, 0.1) is 11.0 Å². The van der Waals surface area contributed by atoms with E-state index in [0.717, 1.165) is 27.3 Å². The Morgan fingerprint density at radius 1 is 0.722 bits per heavy atom. The number of para-hydroxylation sites is 1. The second-order valence-corrected chi connectivity index (χ2v) is 4.45. The molecule has 2 heterocycles. The predicted molar refractivity (Wildman–Crippen MR) is 73.9 cm³/mol. The van der Waals surface area contributed by atoms with Crippen molar-refractivity contribution in [3.05, 3.63) is 58.9 Å². The van der Waals surface area contributed by atoms with Gasteiger partial charge in [-0.3, -0.25) is 4.79 Å². The fraction of sp³-hybridized carbons (Fsp3) is 0. The number of rotatable bonds is 0. The van der Waals surface area contributed by atoms with E-state index >= 15 is 0 Å². The monoisotopic (exact) mass is 234 g/mol. The summed E-state index contributed by atoms with van der Waals surface area (Å²) in [6.45, 7) is 0. The smallest absolute Gasteiger partial charge is 0.248 e. The number of nitrogens with one attached hydrogen (secondary N) is 2. The number of hydrogen-bond donors (Lipinski definition) is 2. The third-order valence-electron chi connectivity index (χ3n) is 3.38. The van der Waals surface area contributed by atoms with E-state index < -0.39 is 0 Å². The summed E-state index contributed by atoms with van der Waals surface area (Å²) < 4.78 is 0. The van der Waals surface area contributed by atoms with E-state index in [1.165, 1.54) is 5.39 Å². The lowest BCUT2D eigenvalue weighted by Crippen LogP contribution is -2.02. The molecule has 0 aliphatic heterocycles. The molecule has 2 aromatic heterocycles. The largest absolute Gasteiger partial charge is 0.353 e. The van der Waals surface area contributed by atoms with Crippen LogP contribution in [-0.2, 0) is 0 Å². The van der Waals surface area contributed by atoms with Crippen molar-refractivity contribution in [2.24, 2.45) is 0 Å². The van der Waals surface area contributed by atoms with Crippen LogP contribution in [0.1, 0.15) is 0 Å². The van der Waals surface area contributed by atoms with Crippen LogP contribution in [0.5, 0.6) is 0 Å². The lowest BCUT2D eigenvalue weighted by molar-refractivity contribution is 1.31. The van der Waals surface area contributed by atoms with Crippen LogP contribution in [0.4, 0.5) is 0 Å². The van der Waals surface area contributed by atoms with Gasteiger partial charge >= 0.3 is 0 Å². The average Bonchev–Trinajstić information content (AvgIpc) is 2.78. The summed E-state index contributed by atoms with van der Waals surface area (Å²) in [6.07, 6.45) is 0. The van der Waals surface area contributed by atoms with Crippen molar-refractivity contribution in [3.63, 3.8) is 0 Å². The Balaban J connectivity index is 2.34. The van der Waals surface area contributed by atoms with E-state index in [-0.39, 0.29) is 5.56 Å². The number of aromatic nitrogens is 2. The molecular weight excluding hydrogens is 224 g/mol. The maximum atomic E-state index is 11.5. The van der Waals surface area contributed by atoms with Gasteiger partial charge in [-0.25, -0.2) is 0 Å². The molecule has 2 aromatic carbocycles. The van der Waals surface area contributed by atoms with Gasteiger partial charge in [0.25, 0.3) is 0 Å². The van der Waals surface area contributed by atoms with Crippen molar-refractivity contribution in [1.82, 2.24) is 9.97 Å². The van der Waals surface area contributed by atoms with Crippen LogP contribution in [0.15, 0.2) is 53.3 Å². The van der Waals surface area contributed by atoms with Crippen LogP contribution in [0.3, 0.4) is 0 Å². The van der Waals surface area contributed by atoms with Gasteiger partial charge < -0.3 is 9.97 Å². The van der Waals surface area contributed by atoms with Gasteiger partial charge in [-0.1, -0.05) is 30.3 Å². The number of hydrogen-bond acceptors (Lipinski definition) is 1. The van der Waals surface area contributed by atoms with Crippen molar-refractivity contribution in [3.8, 4) is 0 Å². The number of H-pyrrole nitrogens is 2. The van der Waals surface area contributed by atoms with E-state index in [0.29, 0.717) is 0 Å². The predicted octanol–water partition coefficient (Wildman–Crippen LogP) is 3.16. The number of aromatic amines is 2. The highest BCUT2D eigenvalue weighted by atomic mass is 16.1. The molecular formula is C15H10N2O. The molecule has 0 radical (unpaired) electrons. The molecule has 0 saturated heterocycles. The molecule has 4 aromatic rings. The Bertz CT molecular complexity index is 947. The maximum Gasteiger partial charge on any atom is 0.248 e. The Kier molecular flexibility index (Phi) is 1.70. The van der Waals surface area contributed by atoms with Gasteiger partial charge in [-0.2, -0.15) is 0 Å². The van der Waals surface area contributed by atoms with Crippen molar-refractivity contribution >= 4 is 32.7 Å². The first-order chi connectivity index (χ1) is 8.83. The van der Waals surface area contributed by atoms with Gasteiger partial charge in [0, 0.05) is 27.7 Å². The van der Waals surface area contributed by atoms with Crippen LogP contribution in [-0.4, -0.2) is 9.97 Å². The summed E-state index contributed by atoms with van der Waals surface area (Å²) in [5.74, 6) is 0. The Morgan fingerprint density at radius 3 is 2.50 bits per heavy atom. The zero-order valence-electron chi connectivity index (χ0n) is 9.53. The molecule has 0 aliphatic carbocycles. The van der Waals surface area contributed by atoms with E-state index in [2.05, 4.69) is 22.1 Å². The van der Waals surface area contributed by atoms with Gasteiger partial charge in [0.1, 0.15) is 0 Å². The maximum absolute atomic E-state index is 11.5. The highest BCUT2D eigenvalue weighted by Gasteiger charge is 2.07. The molecule has 0 spiro atoms. The molecule has 86 valence electrons. The zero-order chi connectivity index (χ0) is 12.1. The average molecular weight is 234 g/mol. The minimum absolute atomic E-state index is 0.0753. The van der Waals surface area contributed by atoms with Gasteiger partial charge in [-0.05, 0) is 12.1 Å². The first kappa shape index (κ1) is 9.48. The van der Waals surface area contributed by atoms with Crippen LogP contribution in [0.25, 0.3) is 32.7 Å². The third-order valence-corrected chi connectivity index (χ3v) is 3.38. The fourth-order valence-electron chi connectivity index (χ4n) is 2.54. The lowest BCUT2D eigenvalue weighted by Gasteiger charge is -1.98. The quantitative estimate of drug-likeness (QED) is 0.482. The molecule has 3 nitrogen and oxygen atoms in total. The van der Waals surface area contributed by atoms with E-state index in [1.54, 1.807) is 6.07 Å². The topological polar surface area (TPSA) is 48.6 Å². The lowest BCUT2D eigenvalue weighted by atomic mass is 10.1. The van der Waals surface area contributed by atoms with Crippen LogP contribution in [0, 0.1) is 0 Å². The highest BCUT2D eigenvalue weighted by molar-refractivity contribution is 6.15. The Hall–Kier alpha value is -2.55. The molecule has 18 heavy (non-hydrogen) atoms. The van der Waals surface area contributed by atoms with Gasteiger partial charge in [-0.15, -0.1) is 0 Å². The summed E-state index contributed by atoms with van der Waals surface area (Å²) >= 11 is 0.